The Labute approximate surface area is 76.3 Å². The molecule has 1 aromatic rings. The molecule has 0 unspecified atom stereocenters. The molecule has 0 amide bonds. The van der Waals surface area contributed by atoms with Crippen molar-refractivity contribution in [3.8, 4) is 0 Å². The fraction of sp³-hybridized carbons (Fsp3) is 0.500. The maximum Gasteiger partial charge on any atom is 0.268 e. The van der Waals surface area contributed by atoms with Crippen molar-refractivity contribution in [2.24, 2.45) is 0 Å². The predicted octanol–water partition coefficient (Wildman–Crippen LogP) is -0.0686. The molecule has 0 spiro atoms. The number of ether oxygens (including phenoxy) is 1. The lowest BCUT2D eigenvalue weighted by molar-refractivity contribution is 0.182. The monoisotopic (exact) mass is 183 g/mol. The molecule has 0 atom stereocenters. The minimum Gasteiger partial charge on any atom is -0.387 e. The Morgan fingerprint density at radius 3 is 3.00 bits per heavy atom. The third-order valence-electron chi connectivity index (χ3n) is 1.67. The van der Waals surface area contributed by atoms with Crippen molar-refractivity contribution >= 4 is 5.69 Å². The SMILES string of the molecule is CNc1cnn(CCOC)c(=O)c1. The average molecular weight is 183 g/mol. The van der Waals surface area contributed by atoms with Gasteiger partial charge in [0, 0.05) is 20.2 Å². The molecule has 1 heterocycles. The number of anilines is 1. The summed E-state index contributed by atoms with van der Waals surface area (Å²) in [6, 6.07) is 1.50. The van der Waals surface area contributed by atoms with Crippen LogP contribution in [0.5, 0.6) is 0 Å². The molecule has 5 heteroatoms. The summed E-state index contributed by atoms with van der Waals surface area (Å²) in [6.07, 6.45) is 1.61. The number of methoxy groups -OCH3 is 1. The summed E-state index contributed by atoms with van der Waals surface area (Å²) in [5, 5.41) is 6.79. The van der Waals surface area contributed by atoms with Gasteiger partial charge in [-0.15, -0.1) is 0 Å². The molecule has 1 rings (SSSR count). The zero-order valence-electron chi connectivity index (χ0n) is 7.78. The van der Waals surface area contributed by atoms with Crippen molar-refractivity contribution in [1.29, 1.82) is 0 Å². The van der Waals surface area contributed by atoms with E-state index in [2.05, 4.69) is 10.4 Å². The van der Waals surface area contributed by atoms with Gasteiger partial charge < -0.3 is 10.1 Å². The average Bonchev–Trinajstić information content (AvgIpc) is 2.16. The maximum atomic E-state index is 11.3. The van der Waals surface area contributed by atoms with Crippen molar-refractivity contribution in [3.63, 3.8) is 0 Å². The molecular formula is C8H13N3O2. The van der Waals surface area contributed by atoms with Gasteiger partial charge in [0.15, 0.2) is 0 Å². The molecule has 72 valence electrons. The Kier molecular flexibility index (Phi) is 3.45. The van der Waals surface area contributed by atoms with Gasteiger partial charge in [0.25, 0.3) is 5.56 Å². The molecule has 0 aliphatic rings. The smallest absolute Gasteiger partial charge is 0.268 e. The zero-order chi connectivity index (χ0) is 9.68. The van der Waals surface area contributed by atoms with Gasteiger partial charge in [-0.2, -0.15) is 5.10 Å². The van der Waals surface area contributed by atoms with E-state index >= 15 is 0 Å². The number of nitrogens with one attached hydrogen (secondary N) is 1. The first-order valence-corrected chi connectivity index (χ1v) is 4.02. The first-order valence-electron chi connectivity index (χ1n) is 4.02. The molecule has 0 saturated heterocycles. The van der Waals surface area contributed by atoms with E-state index in [0.717, 1.165) is 5.69 Å². The molecule has 0 bridgehead atoms. The lowest BCUT2D eigenvalue weighted by Crippen LogP contribution is -2.24. The Hall–Kier alpha value is -1.36. The molecule has 0 aliphatic heterocycles. The molecular weight excluding hydrogens is 170 g/mol. The Balaban J connectivity index is 2.80. The van der Waals surface area contributed by atoms with E-state index in [0.29, 0.717) is 13.2 Å². The Morgan fingerprint density at radius 1 is 1.69 bits per heavy atom. The van der Waals surface area contributed by atoms with Crippen LogP contribution in [-0.4, -0.2) is 30.5 Å². The van der Waals surface area contributed by atoms with Gasteiger partial charge in [-0.1, -0.05) is 0 Å². The minimum absolute atomic E-state index is 0.121. The zero-order valence-corrected chi connectivity index (χ0v) is 7.78. The number of nitrogens with zero attached hydrogens (tertiary/aromatic N) is 2. The van der Waals surface area contributed by atoms with Crippen LogP contribution in [0.25, 0.3) is 0 Å². The lowest BCUT2D eigenvalue weighted by atomic mass is 10.5. The Bertz CT molecular complexity index is 321. The largest absolute Gasteiger partial charge is 0.387 e. The highest BCUT2D eigenvalue weighted by Crippen LogP contribution is 1.96. The highest BCUT2D eigenvalue weighted by molar-refractivity contribution is 5.37. The third-order valence-corrected chi connectivity index (χ3v) is 1.67. The minimum atomic E-state index is -0.121. The third kappa shape index (κ3) is 2.55. The summed E-state index contributed by atoms with van der Waals surface area (Å²) in [6.45, 7) is 0.977. The van der Waals surface area contributed by atoms with Crippen molar-refractivity contribution in [2.75, 3.05) is 26.1 Å². The van der Waals surface area contributed by atoms with E-state index in [1.54, 1.807) is 20.4 Å². The fourth-order valence-electron chi connectivity index (χ4n) is 0.916. The van der Waals surface area contributed by atoms with Crippen LogP contribution in [0.4, 0.5) is 5.69 Å². The van der Waals surface area contributed by atoms with E-state index in [-0.39, 0.29) is 5.56 Å². The fourth-order valence-corrected chi connectivity index (χ4v) is 0.916. The van der Waals surface area contributed by atoms with Gasteiger partial charge in [-0.05, 0) is 0 Å². The number of hydrogen-bond donors (Lipinski definition) is 1. The van der Waals surface area contributed by atoms with E-state index in [1.807, 2.05) is 0 Å². The summed E-state index contributed by atoms with van der Waals surface area (Å²) < 4.78 is 6.21. The van der Waals surface area contributed by atoms with Crippen LogP contribution in [0.2, 0.25) is 0 Å². The van der Waals surface area contributed by atoms with Crippen LogP contribution in [0.3, 0.4) is 0 Å². The van der Waals surface area contributed by atoms with Gasteiger partial charge in [0.05, 0.1) is 25.0 Å². The van der Waals surface area contributed by atoms with Crippen LogP contribution in [-0.2, 0) is 11.3 Å². The van der Waals surface area contributed by atoms with Gasteiger partial charge in [0.2, 0.25) is 0 Å². The predicted molar refractivity (Wildman–Crippen MR) is 49.9 cm³/mol. The summed E-state index contributed by atoms with van der Waals surface area (Å²) in [5.41, 5.74) is 0.600. The van der Waals surface area contributed by atoms with Crippen molar-refractivity contribution in [2.45, 2.75) is 6.54 Å². The number of rotatable bonds is 4. The number of hydrogen-bond acceptors (Lipinski definition) is 4. The van der Waals surface area contributed by atoms with Crippen molar-refractivity contribution in [1.82, 2.24) is 9.78 Å². The summed E-state index contributed by atoms with van der Waals surface area (Å²) in [7, 11) is 3.34. The molecule has 0 aromatic carbocycles. The summed E-state index contributed by atoms with van der Waals surface area (Å²) in [4.78, 5) is 11.3. The summed E-state index contributed by atoms with van der Waals surface area (Å²) >= 11 is 0. The first kappa shape index (κ1) is 9.73. The molecule has 5 nitrogen and oxygen atoms in total. The highest BCUT2D eigenvalue weighted by atomic mass is 16.5. The second-order valence-electron chi connectivity index (χ2n) is 2.55. The van der Waals surface area contributed by atoms with E-state index in [1.165, 1.54) is 10.7 Å². The molecule has 0 radical (unpaired) electrons. The van der Waals surface area contributed by atoms with Gasteiger partial charge >= 0.3 is 0 Å². The van der Waals surface area contributed by atoms with Crippen molar-refractivity contribution < 1.29 is 4.74 Å². The van der Waals surface area contributed by atoms with E-state index in [9.17, 15) is 4.79 Å². The lowest BCUT2D eigenvalue weighted by Gasteiger charge is -2.04. The highest BCUT2D eigenvalue weighted by Gasteiger charge is 1.97. The topological polar surface area (TPSA) is 56.1 Å². The summed E-state index contributed by atoms with van der Waals surface area (Å²) in [5.74, 6) is 0. The molecule has 1 N–H and O–H groups in total. The van der Waals surface area contributed by atoms with Gasteiger partial charge in [-0.25, -0.2) is 4.68 Å². The van der Waals surface area contributed by atoms with Gasteiger partial charge in [-0.3, -0.25) is 4.79 Å². The van der Waals surface area contributed by atoms with Crippen LogP contribution in [0.15, 0.2) is 17.1 Å². The molecule has 0 fully saturated rings. The van der Waals surface area contributed by atoms with E-state index < -0.39 is 0 Å². The normalized spacial score (nSPS) is 10.0. The number of aromatic nitrogens is 2. The van der Waals surface area contributed by atoms with Crippen LogP contribution < -0.4 is 10.9 Å². The Morgan fingerprint density at radius 2 is 2.46 bits per heavy atom. The van der Waals surface area contributed by atoms with Crippen LogP contribution in [0.1, 0.15) is 0 Å². The molecule has 13 heavy (non-hydrogen) atoms. The van der Waals surface area contributed by atoms with Crippen LogP contribution >= 0.6 is 0 Å². The maximum absolute atomic E-state index is 11.3. The second-order valence-corrected chi connectivity index (χ2v) is 2.55. The molecule has 0 saturated carbocycles. The molecule has 1 aromatic heterocycles. The second kappa shape index (κ2) is 4.61. The first-order chi connectivity index (χ1) is 6.27. The van der Waals surface area contributed by atoms with E-state index in [4.69, 9.17) is 4.74 Å². The van der Waals surface area contributed by atoms with Crippen molar-refractivity contribution in [3.05, 3.63) is 22.6 Å². The standard InChI is InChI=1S/C8H13N3O2/c1-9-7-5-8(12)11(10-6-7)3-4-13-2/h5-6,9H,3-4H2,1-2H3. The van der Waals surface area contributed by atoms with Gasteiger partial charge in [0.1, 0.15) is 0 Å². The van der Waals surface area contributed by atoms with Crippen LogP contribution in [0, 0.1) is 0 Å². The quantitative estimate of drug-likeness (QED) is 0.710. The molecule has 0 aliphatic carbocycles.